The lowest BCUT2D eigenvalue weighted by atomic mass is 9.89. The van der Waals surface area contributed by atoms with Gasteiger partial charge in [0.2, 0.25) is 0 Å². The zero-order valence-corrected chi connectivity index (χ0v) is 10.9. The van der Waals surface area contributed by atoms with Crippen LogP contribution in [0, 0.1) is 5.92 Å². The lowest BCUT2D eigenvalue weighted by Crippen LogP contribution is -2.56. The second-order valence-corrected chi connectivity index (χ2v) is 6.34. The molecule has 3 aliphatic rings. The van der Waals surface area contributed by atoms with Gasteiger partial charge in [0.25, 0.3) is 0 Å². The molecule has 3 N–H and O–H groups in total. The summed E-state index contributed by atoms with van der Waals surface area (Å²) in [6.07, 6.45) is 9.56. The fraction of sp³-hybridized carbons (Fsp3) is 1.00. The van der Waals surface area contributed by atoms with Crippen molar-refractivity contribution in [2.45, 2.75) is 63.1 Å². The first-order chi connectivity index (χ1) is 8.33. The van der Waals surface area contributed by atoms with Crippen LogP contribution in [0.5, 0.6) is 0 Å². The Kier molecular flexibility index (Phi) is 3.69. The molecule has 0 aromatic carbocycles. The second kappa shape index (κ2) is 5.25. The van der Waals surface area contributed by atoms with E-state index < -0.39 is 0 Å². The highest BCUT2D eigenvalue weighted by Gasteiger charge is 2.34. The van der Waals surface area contributed by atoms with E-state index in [-0.39, 0.29) is 0 Å². The lowest BCUT2D eigenvalue weighted by Gasteiger charge is -2.44. The van der Waals surface area contributed by atoms with Crippen molar-refractivity contribution >= 4 is 0 Å². The standard InChI is InChI=1S/C14H27N3/c15-12-3-5-13(6-4-12)17-8-7-16-10-14(17)9-11-1-2-11/h11-14,16H,1-10,15H2. The molecule has 0 bridgehead atoms. The van der Waals surface area contributed by atoms with Crippen LogP contribution in [-0.2, 0) is 0 Å². The Hall–Kier alpha value is -0.120. The van der Waals surface area contributed by atoms with Crippen LogP contribution in [0.3, 0.4) is 0 Å². The van der Waals surface area contributed by atoms with E-state index in [0.717, 1.165) is 18.0 Å². The Morgan fingerprint density at radius 1 is 1.06 bits per heavy atom. The van der Waals surface area contributed by atoms with Crippen LogP contribution >= 0.6 is 0 Å². The fourth-order valence-corrected chi connectivity index (χ4v) is 3.65. The maximum atomic E-state index is 6.02. The molecule has 17 heavy (non-hydrogen) atoms. The average Bonchev–Trinajstić information content (AvgIpc) is 3.15. The van der Waals surface area contributed by atoms with Crippen LogP contribution in [0.2, 0.25) is 0 Å². The number of nitrogens with two attached hydrogens (primary N) is 1. The molecule has 1 unspecified atom stereocenters. The van der Waals surface area contributed by atoms with Gasteiger partial charge < -0.3 is 11.1 Å². The van der Waals surface area contributed by atoms with Crippen molar-refractivity contribution in [3.05, 3.63) is 0 Å². The molecular formula is C14H27N3. The molecule has 3 nitrogen and oxygen atoms in total. The lowest BCUT2D eigenvalue weighted by molar-refractivity contribution is 0.0714. The van der Waals surface area contributed by atoms with Crippen LogP contribution in [0.4, 0.5) is 0 Å². The minimum atomic E-state index is 0.482. The van der Waals surface area contributed by atoms with Gasteiger partial charge in [0, 0.05) is 37.8 Å². The predicted octanol–water partition coefficient (Wildman–Crippen LogP) is 1.33. The van der Waals surface area contributed by atoms with Crippen molar-refractivity contribution in [2.75, 3.05) is 19.6 Å². The van der Waals surface area contributed by atoms with Crippen LogP contribution in [0.25, 0.3) is 0 Å². The summed E-state index contributed by atoms with van der Waals surface area (Å²) in [6.45, 7) is 3.67. The Bertz CT molecular complexity index is 244. The molecular weight excluding hydrogens is 210 g/mol. The summed E-state index contributed by atoms with van der Waals surface area (Å²) in [6, 6.07) is 2.13. The van der Waals surface area contributed by atoms with E-state index in [0.29, 0.717) is 6.04 Å². The van der Waals surface area contributed by atoms with E-state index in [4.69, 9.17) is 5.73 Å². The zero-order valence-electron chi connectivity index (χ0n) is 10.9. The van der Waals surface area contributed by atoms with E-state index in [1.807, 2.05) is 0 Å². The molecule has 1 saturated heterocycles. The predicted molar refractivity (Wildman–Crippen MR) is 70.9 cm³/mol. The first-order valence-corrected chi connectivity index (χ1v) is 7.55. The monoisotopic (exact) mass is 237 g/mol. The van der Waals surface area contributed by atoms with Gasteiger partial charge in [-0.2, -0.15) is 0 Å². The Morgan fingerprint density at radius 3 is 2.53 bits per heavy atom. The Balaban J connectivity index is 1.57. The molecule has 98 valence electrons. The smallest absolute Gasteiger partial charge is 0.0226 e. The van der Waals surface area contributed by atoms with Gasteiger partial charge in [0.15, 0.2) is 0 Å². The van der Waals surface area contributed by atoms with Gasteiger partial charge in [0.1, 0.15) is 0 Å². The number of nitrogens with zero attached hydrogens (tertiary/aromatic N) is 1. The molecule has 2 aliphatic carbocycles. The van der Waals surface area contributed by atoms with Gasteiger partial charge in [0.05, 0.1) is 0 Å². The van der Waals surface area contributed by atoms with E-state index in [1.165, 1.54) is 64.6 Å². The number of rotatable bonds is 3. The molecule has 1 atom stereocenters. The molecule has 0 spiro atoms. The van der Waals surface area contributed by atoms with Crippen molar-refractivity contribution in [1.29, 1.82) is 0 Å². The molecule has 2 saturated carbocycles. The van der Waals surface area contributed by atoms with Gasteiger partial charge in [-0.25, -0.2) is 0 Å². The molecule has 1 heterocycles. The molecule has 0 aromatic heterocycles. The molecule has 0 aromatic rings. The van der Waals surface area contributed by atoms with Crippen molar-refractivity contribution in [2.24, 2.45) is 11.7 Å². The van der Waals surface area contributed by atoms with E-state index in [1.54, 1.807) is 0 Å². The Morgan fingerprint density at radius 2 is 1.82 bits per heavy atom. The maximum Gasteiger partial charge on any atom is 0.0226 e. The van der Waals surface area contributed by atoms with Crippen molar-refractivity contribution in [1.82, 2.24) is 10.2 Å². The Labute approximate surface area is 105 Å². The highest BCUT2D eigenvalue weighted by molar-refractivity contribution is 4.91. The summed E-state index contributed by atoms with van der Waals surface area (Å²) < 4.78 is 0. The van der Waals surface area contributed by atoms with Crippen molar-refractivity contribution < 1.29 is 0 Å². The fourth-order valence-electron chi connectivity index (χ4n) is 3.65. The minimum absolute atomic E-state index is 0.482. The van der Waals surface area contributed by atoms with Gasteiger partial charge in [-0.15, -0.1) is 0 Å². The molecule has 1 aliphatic heterocycles. The summed E-state index contributed by atoms with van der Waals surface area (Å²) in [4.78, 5) is 2.82. The normalized spacial score (nSPS) is 40.4. The minimum Gasteiger partial charge on any atom is -0.328 e. The van der Waals surface area contributed by atoms with Crippen LogP contribution in [0.1, 0.15) is 44.9 Å². The molecule has 0 radical (unpaired) electrons. The average molecular weight is 237 g/mol. The highest BCUT2D eigenvalue weighted by Crippen LogP contribution is 2.36. The number of hydrogen-bond acceptors (Lipinski definition) is 3. The number of hydrogen-bond donors (Lipinski definition) is 2. The third-order valence-corrected chi connectivity index (χ3v) is 4.91. The van der Waals surface area contributed by atoms with Gasteiger partial charge in [-0.3, -0.25) is 4.90 Å². The van der Waals surface area contributed by atoms with E-state index >= 15 is 0 Å². The second-order valence-electron chi connectivity index (χ2n) is 6.34. The summed E-state index contributed by atoms with van der Waals surface area (Å²) in [5.41, 5.74) is 6.02. The van der Waals surface area contributed by atoms with Crippen LogP contribution in [-0.4, -0.2) is 42.7 Å². The first kappa shape index (κ1) is 11.9. The van der Waals surface area contributed by atoms with Crippen molar-refractivity contribution in [3.8, 4) is 0 Å². The topological polar surface area (TPSA) is 41.3 Å². The number of piperazine rings is 1. The third kappa shape index (κ3) is 3.01. The molecule has 3 heteroatoms. The van der Waals surface area contributed by atoms with Crippen LogP contribution in [0.15, 0.2) is 0 Å². The summed E-state index contributed by atoms with van der Waals surface area (Å²) in [7, 11) is 0. The molecule has 3 rings (SSSR count). The summed E-state index contributed by atoms with van der Waals surface area (Å²) >= 11 is 0. The van der Waals surface area contributed by atoms with E-state index in [9.17, 15) is 0 Å². The van der Waals surface area contributed by atoms with Crippen molar-refractivity contribution in [3.63, 3.8) is 0 Å². The van der Waals surface area contributed by atoms with Gasteiger partial charge >= 0.3 is 0 Å². The molecule has 0 amide bonds. The zero-order chi connectivity index (χ0) is 11.7. The first-order valence-electron chi connectivity index (χ1n) is 7.55. The summed E-state index contributed by atoms with van der Waals surface area (Å²) in [5.74, 6) is 1.05. The summed E-state index contributed by atoms with van der Waals surface area (Å²) in [5, 5.41) is 3.58. The maximum absolute atomic E-state index is 6.02. The van der Waals surface area contributed by atoms with Crippen LogP contribution < -0.4 is 11.1 Å². The van der Waals surface area contributed by atoms with E-state index in [2.05, 4.69) is 10.2 Å². The molecule has 3 fully saturated rings. The van der Waals surface area contributed by atoms with Gasteiger partial charge in [-0.1, -0.05) is 12.8 Å². The third-order valence-electron chi connectivity index (χ3n) is 4.91. The SMILES string of the molecule is NC1CCC(N2CCNCC2CC2CC2)CC1. The highest BCUT2D eigenvalue weighted by atomic mass is 15.2. The largest absolute Gasteiger partial charge is 0.328 e. The van der Waals surface area contributed by atoms with Gasteiger partial charge in [-0.05, 0) is 38.0 Å². The quantitative estimate of drug-likeness (QED) is 0.778. The number of nitrogens with one attached hydrogen (secondary N) is 1.